The lowest BCUT2D eigenvalue weighted by Gasteiger charge is -2.17. The summed E-state index contributed by atoms with van der Waals surface area (Å²) in [7, 11) is 1.74. The predicted octanol–water partition coefficient (Wildman–Crippen LogP) is 1.92. The Balaban J connectivity index is 3.26. The van der Waals surface area contributed by atoms with E-state index in [1.165, 1.54) is 0 Å². The number of nitrogens with one attached hydrogen (secondary N) is 1. The van der Waals surface area contributed by atoms with Gasteiger partial charge in [0.05, 0.1) is 6.10 Å². The van der Waals surface area contributed by atoms with Crippen molar-refractivity contribution in [3.63, 3.8) is 0 Å². The lowest BCUT2D eigenvalue weighted by Crippen LogP contribution is -2.18. The van der Waals surface area contributed by atoms with Crippen LogP contribution in [0.3, 0.4) is 0 Å². The molecule has 15 heavy (non-hydrogen) atoms. The van der Waals surface area contributed by atoms with Crippen molar-refractivity contribution in [1.29, 1.82) is 0 Å². The summed E-state index contributed by atoms with van der Waals surface area (Å²) < 4.78 is 0. The second-order valence-electron chi connectivity index (χ2n) is 3.64. The average Bonchev–Trinajstić information content (AvgIpc) is 2.16. The summed E-state index contributed by atoms with van der Waals surface area (Å²) in [6.45, 7) is 3.93. The summed E-state index contributed by atoms with van der Waals surface area (Å²) in [5.41, 5.74) is 1.91. The van der Waals surface area contributed by atoms with Crippen LogP contribution in [0.1, 0.15) is 22.8 Å². The van der Waals surface area contributed by atoms with Gasteiger partial charge < -0.3 is 15.5 Å². The van der Waals surface area contributed by atoms with Crippen molar-refractivity contribution < 1.29 is 10.2 Å². The van der Waals surface area contributed by atoms with Crippen molar-refractivity contribution in [3.05, 3.63) is 27.8 Å². The minimum absolute atomic E-state index is 0.125. The quantitative estimate of drug-likeness (QED) is 0.742. The molecule has 1 atom stereocenters. The zero-order valence-corrected chi connectivity index (χ0v) is 9.89. The first-order valence-corrected chi connectivity index (χ1v) is 5.18. The van der Waals surface area contributed by atoms with Crippen LogP contribution in [-0.4, -0.2) is 23.8 Å². The Morgan fingerprint density at radius 1 is 1.47 bits per heavy atom. The van der Waals surface area contributed by atoms with E-state index in [9.17, 15) is 10.2 Å². The summed E-state index contributed by atoms with van der Waals surface area (Å²) in [4.78, 5) is 0. The van der Waals surface area contributed by atoms with E-state index >= 15 is 0 Å². The van der Waals surface area contributed by atoms with Gasteiger partial charge in [-0.25, -0.2) is 0 Å². The second kappa shape index (κ2) is 4.84. The number of aliphatic hydroxyl groups excluding tert-OH is 1. The number of phenolic OH excluding ortho intramolecular Hbond substituents is 1. The molecular formula is C11H16ClNO2. The number of aliphatic hydroxyl groups is 1. The van der Waals surface area contributed by atoms with E-state index < -0.39 is 6.10 Å². The highest BCUT2D eigenvalue weighted by molar-refractivity contribution is 6.31. The molecule has 0 aromatic heterocycles. The highest BCUT2D eigenvalue weighted by Gasteiger charge is 2.18. The molecule has 0 aliphatic carbocycles. The largest absolute Gasteiger partial charge is 0.507 e. The third kappa shape index (κ3) is 2.43. The molecule has 0 amide bonds. The van der Waals surface area contributed by atoms with E-state index in [1.54, 1.807) is 27.0 Å². The first-order valence-electron chi connectivity index (χ1n) is 4.80. The summed E-state index contributed by atoms with van der Waals surface area (Å²) in [6, 6.07) is 1.70. The molecule has 84 valence electrons. The van der Waals surface area contributed by atoms with Crippen LogP contribution in [0.25, 0.3) is 0 Å². The molecule has 0 fully saturated rings. The Hall–Kier alpha value is -0.770. The third-order valence-corrected chi connectivity index (χ3v) is 2.86. The van der Waals surface area contributed by atoms with Gasteiger partial charge in [0.25, 0.3) is 0 Å². The molecule has 0 heterocycles. The van der Waals surface area contributed by atoms with Gasteiger partial charge in [0.15, 0.2) is 0 Å². The summed E-state index contributed by atoms with van der Waals surface area (Å²) >= 11 is 5.99. The Morgan fingerprint density at radius 2 is 2.07 bits per heavy atom. The zero-order chi connectivity index (χ0) is 11.6. The van der Waals surface area contributed by atoms with Gasteiger partial charge in [-0.1, -0.05) is 11.6 Å². The topological polar surface area (TPSA) is 52.5 Å². The second-order valence-corrected chi connectivity index (χ2v) is 4.04. The van der Waals surface area contributed by atoms with E-state index in [0.717, 1.165) is 5.56 Å². The van der Waals surface area contributed by atoms with Gasteiger partial charge in [0.1, 0.15) is 5.75 Å². The predicted molar refractivity (Wildman–Crippen MR) is 61.5 cm³/mol. The normalized spacial score (nSPS) is 12.9. The Kier molecular flexibility index (Phi) is 3.97. The summed E-state index contributed by atoms with van der Waals surface area (Å²) in [5, 5.41) is 23.1. The zero-order valence-electron chi connectivity index (χ0n) is 9.13. The fourth-order valence-corrected chi connectivity index (χ4v) is 1.85. The van der Waals surface area contributed by atoms with Gasteiger partial charge in [-0.3, -0.25) is 0 Å². The SMILES string of the molecule is CNCC(O)c1c(C)c(Cl)cc(C)c1O. The lowest BCUT2D eigenvalue weighted by molar-refractivity contribution is 0.173. The van der Waals surface area contributed by atoms with Crippen LogP contribution in [0.5, 0.6) is 5.75 Å². The number of aromatic hydroxyl groups is 1. The lowest BCUT2D eigenvalue weighted by atomic mass is 9.99. The van der Waals surface area contributed by atoms with E-state index in [1.807, 2.05) is 0 Å². The standard InChI is InChI=1S/C11H16ClNO2/c1-6-4-8(12)7(2)10(11(6)15)9(14)5-13-3/h4,9,13-15H,5H2,1-3H3. The molecule has 0 saturated heterocycles. The highest BCUT2D eigenvalue weighted by Crippen LogP contribution is 2.35. The molecule has 0 aliphatic heterocycles. The molecule has 0 radical (unpaired) electrons. The third-order valence-electron chi connectivity index (χ3n) is 2.46. The number of likely N-dealkylation sites (N-methyl/N-ethyl adjacent to an activating group) is 1. The molecule has 0 spiro atoms. The monoisotopic (exact) mass is 229 g/mol. The van der Waals surface area contributed by atoms with Crippen LogP contribution in [0.15, 0.2) is 6.07 Å². The number of hydrogen-bond donors (Lipinski definition) is 3. The molecule has 1 aromatic rings. The molecule has 3 nitrogen and oxygen atoms in total. The number of benzene rings is 1. The Morgan fingerprint density at radius 3 is 2.60 bits per heavy atom. The van der Waals surface area contributed by atoms with Crippen molar-refractivity contribution in [2.75, 3.05) is 13.6 Å². The van der Waals surface area contributed by atoms with E-state index in [2.05, 4.69) is 5.32 Å². The minimum atomic E-state index is -0.743. The number of hydrogen-bond acceptors (Lipinski definition) is 3. The summed E-state index contributed by atoms with van der Waals surface area (Å²) in [6.07, 6.45) is -0.743. The first kappa shape index (κ1) is 12.3. The van der Waals surface area contributed by atoms with Crippen LogP contribution < -0.4 is 5.32 Å². The molecule has 3 N–H and O–H groups in total. The molecule has 1 rings (SSSR count). The fourth-order valence-electron chi connectivity index (χ4n) is 1.59. The van der Waals surface area contributed by atoms with E-state index in [0.29, 0.717) is 22.7 Å². The van der Waals surface area contributed by atoms with Crippen molar-refractivity contribution in [3.8, 4) is 5.75 Å². The Labute approximate surface area is 94.7 Å². The smallest absolute Gasteiger partial charge is 0.124 e. The van der Waals surface area contributed by atoms with Crippen LogP contribution >= 0.6 is 11.6 Å². The van der Waals surface area contributed by atoms with Gasteiger partial charge >= 0.3 is 0 Å². The van der Waals surface area contributed by atoms with Crippen LogP contribution in [-0.2, 0) is 0 Å². The van der Waals surface area contributed by atoms with Crippen molar-refractivity contribution in [2.24, 2.45) is 0 Å². The number of halogens is 1. The Bertz CT molecular complexity index is 340. The summed E-state index contributed by atoms with van der Waals surface area (Å²) in [5.74, 6) is 0.125. The number of phenols is 1. The number of aryl methyl sites for hydroxylation is 1. The van der Waals surface area contributed by atoms with Crippen molar-refractivity contribution in [2.45, 2.75) is 20.0 Å². The van der Waals surface area contributed by atoms with Gasteiger partial charge in [-0.05, 0) is 38.1 Å². The van der Waals surface area contributed by atoms with Crippen LogP contribution in [0.2, 0.25) is 5.02 Å². The molecular weight excluding hydrogens is 214 g/mol. The average molecular weight is 230 g/mol. The van der Waals surface area contributed by atoms with Crippen LogP contribution in [0, 0.1) is 13.8 Å². The maximum atomic E-state index is 9.85. The van der Waals surface area contributed by atoms with Gasteiger partial charge in [0, 0.05) is 17.1 Å². The molecule has 1 unspecified atom stereocenters. The molecule has 0 bridgehead atoms. The van der Waals surface area contributed by atoms with Gasteiger partial charge in [-0.2, -0.15) is 0 Å². The van der Waals surface area contributed by atoms with Crippen molar-refractivity contribution in [1.82, 2.24) is 5.32 Å². The maximum Gasteiger partial charge on any atom is 0.124 e. The molecule has 1 aromatic carbocycles. The van der Waals surface area contributed by atoms with Crippen molar-refractivity contribution >= 4 is 11.6 Å². The molecule has 0 saturated carbocycles. The van der Waals surface area contributed by atoms with E-state index in [4.69, 9.17) is 11.6 Å². The number of rotatable bonds is 3. The molecule has 4 heteroatoms. The first-order chi connectivity index (χ1) is 6.99. The maximum absolute atomic E-state index is 9.85. The molecule has 0 aliphatic rings. The minimum Gasteiger partial charge on any atom is -0.507 e. The van der Waals surface area contributed by atoms with Gasteiger partial charge in [-0.15, -0.1) is 0 Å². The van der Waals surface area contributed by atoms with Gasteiger partial charge in [0.2, 0.25) is 0 Å². The highest BCUT2D eigenvalue weighted by atomic mass is 35.5. The van der Waals surface area contributed by atoms with Crippen LogP contribution in [0.4, 0.5) is 0 Å². The fraction of sp³-hybridized carbons (Fsp3) is 0.455. The van der Waals surface area contributed by atoms with E-state index in [-0.39, 0.29) is 5.75 Å².